The van der Waals surface area contributed by atoms with Crippen molar-refractivity contribution in [3.8, 4) is 0 Å². The van der Waals surface area contributed by atoms with Crippen molar-refractivity contribution in [3.05, 3.63) is 0 Å². The Morgan fingerprint density at radius 2 is 1.60 bits per heavy atom. The normalized spacial score (nSPS) is 3.60. The Kier molecular flexibility index (Phi) is 49.5. The molecule has 0 saturated carbocycles. The first-order valence-electron chi connectivity index (χ1n) is 0.676. The molecule has 30 valence electrons. The molecule has 4 heteroatoms. The van der Waals surface area contributed by atoms with Gasteiger partial charge >= 0.3 is 65.0 Å². The van der Waals surface area contributed by atoms with Gasteiger partial charge in [-0.05, 0) is 0 Å². The first-order valence-corrected chi connectivity index (χ1v) is 2.20. The van der Waals surface area contributed by atoms with Gasteiger partial charge in [-0.15, -0.1) is 0 Å². The minimum atomic E-state index is 0. The molecule has 1 nitrogen and oxygen atoms in total. The van der Waals surface area contributed by atoms with Crippen molar-refractivity contribution in [1.82, 2.24) is 0 Å². The average Bonchev–Trinajstić information content (AvgIpc) is 0.918. The molecule has 5 heavy (non-hydrogen) atoms. The third-order valence-electron chi connectivity index (χ3n) is 0. The van der Waals surface area contributed by atoms with E-state index in [2.05, 4.69) is 22.6 Å². The number of halogens is 1. The van der Waals surface area contributed by atoms with Crippen LogP contribution in [0.15, 0.2) is 0 Å². The van der Waals surface area contributed by atoms with Crippen LogP contribution in [0.4, 0.5) is 0 Å². The van der Waals surface area contributed by atoms with Gasteiger partial charge in [0.05, 0.1) is 0 Å². The van der Waals surface area contributed by atoms with Crippen LogP contribution in [-0.2, 0) is 0 Å². The van der Waals surface area contributed by atoms with Gasteiger partial charge in [-0.2, -0.15) is 0 Å². The fourth-order valence-corrected chi connectivity index (χ4v) is 0. The zero-order chi connectivity index (χ0) is 2.71. The van der Waals surface area contributed by atoms with Gasteiger partial charge in [0, 0.05) is 4.55 Å². The van der Waals surface area contributed by atoms with Crippen LogP contribution < -0.4 is 5.73 Å². The van der Waals surface area contributed by atoms with Crippen molar-refractivity contribution in [2.45, 2.75) is 0 Å². The van der Waals surface area contributed by atoms with Crippen LogP contribution in [0.5, 0.6) is 0 Å². The van der Waals surface area contributed by atoms with E-state index in [1.807, 2.05) is 0 Å². The van der Waals surface area contributed by atoms with Crippen LogP contribution in [0.2, 0.25) is 0 Å². The fraction of sp³-hybridized carbons (Fsp3) is 1.00. The molecule has 0 unspecified atom stereocenters. The van der Waals surface area contributed by atoms with Gasteiger partial charge in [0.25, 0.3) is 0 Å². The molecule has 0 bridgehead atoms. The predicted molar refractivity (Wildman–Crippen MR) is 40.2 cm³/mol. The molecular weight excluding hydrogens is 400 g/mol. The monoisotopic (exact) mass is 409 g/mol. The second-order valence-corrected chi connectivity index (χ2v) is 1.04. The van der Waals surface area contributed by atoms with E-state index in [1.165, 1.54) is 0 Å². The summed E-state index contributed by atoms with van der Waals surface area (Å²) in [6, 6.07) is 0. The molecule has 0 rings (SSSR count). The molecule has 0 aliphatic carbocycles. The molecule has 0 spiro atoms. The number of nitrogens with two attached hydrogens (primary N) is 1. The Morgan fingerprint density at radius 3 is 1.60 bits per heavy atom. The second-order valence-electron chi connectivity index (χ2n) is 0.154. The summed E-state index contributed by atoms with van der Waals surface area (Å²) >= 11 is 2.07. The van der Waals surface area contributed by atoms with Crippen molar-refractivity contribution in [1.29, 1.82) is 0 Å². The van der Waals surface area contributed by atoms with Crippen molar-refractivity contribution in [2.75, 3.05) is 4.55 Å². The van der Waals surface area contributed by atoms with Gasteiger partial charge in [-0.25, -0.2) is 0 Å². The maximum absolute atomic E-state index is 4.83. The first-order chi connectivity index (χ1) is 1.41. The van der Waals surface area contributed by atoms with Crippen molar-refractivity contribution in [3.63, 3.8) is 0 Å². The molecule has 0 aromatic heterocycles. The van der Waals surface area contributed by atoms with E-state index in [0.29, 0.717) is 0 Å². The van der Waals surface area contributed by atoms with Gasteiger partial charge in [0.1, 0.15) is 0 Å². The molecule has 0 heterocycles. The van der Waals surface area contributed by atoms with E-state index in [-0.39, 0.29) is 65.0 Å². The predicted octanol–water partition coefficient (Wildman–Crippen LogP) is -1.49. The zero-order valence-electron chi connectivity index (χ0n) is 2.37. The number of hydrogen-bond acceptors (Lipinski definition) is 1. The molecular formula is CH8CaINPb. The summed E-state index contributed by atoms with van der Waals surface area (Å²) in [6.07, 6.45) is 0. The SMILES string of the molecule is NCI.[CaH2].[PbH2]. The van der Waals surface area contributed by atoms with E-state index >= 15 is 0 Å². The van der Waals surface area contributed by atoms with Crippen LogP contribution in [0.1, 0.15) is 0 Å². The number of rotatable bonds is 0. The summed E-state index contributed by atoms with van der Waals surface area (Å²) in [5, 5.41) is 0. The maximum atomic E-state index is 4.83. The average molecular weight is 408 g/mol. The van der Waals surface area contributed by atoms with Crippen molar-refractivity contribution < 1.29 is 0 Å². The molecule has 2 N–H and O–H groups in total. The Morgan fingerprint density at radius 1 is 1.60 bits per heavy atom. The minimum absolute atomic E-state index is 0. The third kappa shape index (κ3) is 19.8. The van der Waals surface area contributed by atoms with Gasteiger partial charge < -0.3 is 5.73 Å². The zero-order valence-corrected chi connectivity index (χ0v) is 10.0. The topological polar surface area (TPSA) is 26.0 Å². The quantitative estimate of drug-likeness (QED) is 0.225. The second kappa shape index (κ2) is 15.8. The molecule has 2 radical (unpaired) electrons. The summed E-state index contributed by atoms with van der Waals surface area (Å²) in [6.45, 7) is 0. The standard InChI is InChI=1S/CH4IN.Ca.Pb.4H/c2-1-3;;;;;;/h1,3H2;;;;;;. The van der Waals surface area contributed by atoms with Gasteiger partial charge in [0.15, 0.2) is 0 Å². The molecule has 0 saturated heterocycles. The molecule has 0 aromatic carbocycles. The molecule has 0 amide bonds. The summed E-state index contributed by atoms with van der Waals surface area (Å²) in [5.41, 5.74) is 4.83. The van der Waals surface area contributed by atoms with Crippen LogP contribution in [-0.4, -0.2) is 69.6 Å². The van der Waals surface area contributed by atoms with Crippen molar-refractivity contribution >= 4 is 87.6 Å². The van der Waals surface area contributed by atoms with Crippen LogP contribution >= 0.6 is 22.6 Å². The molecule has 0 aliphatic heterocycles. The Bertz CT molecular complexity index is 11.6. The fourth-order valence-electron chi connectivity index (χ4n) is 0. The summed E-state index contributed by atoms with van der Waals surface area (Å²) in [4.78, 5) is 0. The van der Waals surface area contributed by atoms with Gasteiger partial charge in [-0.3, -0.25) is 0 Å². The molecule has 0 fully saturated rings. The first kappa shape index (κ1) is 15.7. The summed E-state index contributed by atoms with van der Waals surface area (Å²) in [5.74, 6) is 0. The summed E-state index contributed by atoms with van der Waals surface area (Å²) < 4.78 is 0.720. The summed E-state index contributed by atoms with van der Waals surface area (Å²) in [7, 11) is 0. The van der Waals surface area contributed by atoms with E-state index in [0.717, 1.165) is 4.55 Å². The third-order valence-corrected chi connectivity index (χ3v) is 0. The van der Waals surface area contributed by atoms with E-state index < -0.39 is 0 Å². The van der Waals surface area contributed by atoms with Gasteiger partial charge in [-0.1, -0.05) is 22.6 Å². The van der Waals surface area contributed by atoms with Crippen LogP contribution in [0.25, 0.3) is 0 Å². The van der Waals surface area contributed by atoms with E-state index in [9.17, 15) is 0 Å². The van der Waals surface area contributed by atoms with Crippen LogP contribution in [0.3, 0.4) is 0 Å². The Hall–Kier alpha value is 2.87. The Labute approximate surface area is 95.7 Å². The number of alkyl halides is 1. The van der Waals surface area contributed by atoms with Crippen LogP contribution in [0, 0.1) is 0 Å². The van der Waals surface area contributed by atoms with E-state index in [1.54, 1.807) is 0 Å². The van der Waals surface area contributed by atoms with Crippen molar-refractivity contribution in [2.24, 2.45) is 5.73 Å². The Balaban J connectivity index is -0.0000000200. The molecule has 0 aliphatic rings. The molecule has 0 atom stereocenters. The number of hydrogen-bond donors (Lipinski definition) is 1. The van der Waals surface area contributed by atoms with E-state index in [4.69, 9.17) is 5.73 Å². The molecule has 0 aromatic rings. The van der Waals surface area contributed by atoms with Gasteiger partial charge in [0.2, 0.25) is 0 Å².